The lowest BCUT2D eigenvalue weighted by atomic mass is 10.0. The fraction of sp³-hybridized carbons (Fsp3) is 0.414. The Balaban J connectivity index is 1.78. The number of likely N-dealkylation sites (N-methyl/N-ethyl adjacent to an activating group) is 1. The van der Waals surface area contributed by atoms with Crippen LogP contribution in [0.1, 0.15) is 30.9 Å². The van der Waals surface area contributed by atoms with E-state index in [0.717, 1.165) is 23.6 Å². The van der Waals surface area contributed by atoms with Crippen LogP contribution in [0.2, 0.25) is 0 Å². The van der Waals surface area contributed by atoms with Gasteiger partial charge in [0.05, 0.1) is 37.7 Å². The molecule has 0 bridgehead atoms. The van der Waals surface area contributed by atoms with Gasteiger partial charge in [0.15, 0.2) is 0 Å². The van der Waals surface area contributed by atoms with E-state index in [1.807, 2.05) is 4.90 Å². The number of ether oxygens (including phenoxy) is 2. The molecule has 0 aliphatic carbocycles. The Hall–Kier alpha value is -4.22. The number of hydrogen-bond donors (Lipinski definition) is 1. The van der Waals surface area contributed by atoms with E-state index in [9.17, 15) is 22.8 Å². The Morgan fingerprint density at radius 3 is 2.32 bits per heavy atom. The van der Waals surface area contributed by atoms with Crippen molar-refractivity contribution < 1.29 is 27.4 Å². The summed E-state index contributed by atoms with van der Waals surface area (Å²) in [7, 11) is 2.98. The maximum absolute atomic E-state index is 14.3. The molecule has 1 aromatic heterocycles. The molecule has 1 saturated heterocycles. The highest BCUT2D eigenvalue weighted by atomic mass is 19.4. The van der Waals surface area contributed by atoms with Crippen LogP contribution in [0.3, 0.4) is 0 Å². The topological polar surface area (TPSA) is 88.9 Å². The molecule has 0 saturated carbocycles. The van der Waals surface area contributed by atoms with Crippen LogP contribution >= 0.6 is 0 Å². The van der Waals surface area contributed by atoms with E-state index in [2.05, 4.69) is 10.4 Å². The van der Waals surface area contributed by atoms with E-state index in [1.54, 1.807) is 30.0 Å². The first-order chi connectivity index (χ1) is 19.6. The van der Waals surface area contributed by atoms with Gasteiger partial charge in [-0.15, -0.1) is 0 Å². The van der Waals surface area contributed by atoms with Gasteiger partial charge in [-0.25, -0.2) is 0 Å². The first kappa shape index (κ1) is 28.3. The van der Waals surface area contributed by atoms with Crippen molar-refractivity contribution in [3.8, 4) is 28.4 Å². The van der Waals surface area contributed by atoms with Crippen molar-refractivity contribution in [2.24, 2.45) is 0 Å². The van der Waals surface area contributed by atoms with Crippen LogP contribution in [0.4, 0.5) is 24.5 Å². The Bertz CT molecular complexity index is 1490. The van der Waals surface area contributed by atoms with Crippen molar-refractivity contribution in [2.45, 2.75) is 32.4 Å². The number of amides is 1. The first-order valence-electron chi connectivity index (χ1n) is 13.5. The van der Waals surface area contributed by atoms with Gasteiger partial charge in [-0.05, 0) is 56.5 Å². The van der Waals surface area contributed by atoms with E-state index >= 15 is 0 Å². The monoisotopic (exact) mass is 571 g/mol. The lowest BCUT2D eigenvalue weighted by Crippen LogP contribution is -2.39. The lowest BCUT2D eigenvalue weighted by molar-refractivity contribution is -0.137. The lowest BCUT2D eigenvalue weighted by Gasteiger charge is -2.23. The second kappa shape index (κ2) is 11.3. The second-order valence-electron chi connectivity index (χ2n) is 10.0. The number of carbonyl (C=O) groups excluding carboxylic acids is 1. The van der Waals surface area contributed by atoms with Gasteiger partial charge >= 0.3 is 6.18 Å². The third kappa shape index (κ3) is 5.55. The number of benzene rings is 2. The van der Waals surface area contributed by atoms with Gasteiger partial charge in [-0.2, -0.15) is 23.0 Å². The Labute approximate surface area is 235 Å². The van der Waals surface area contributed by atoms with E-state index in [0.29, 0.717) is 66.6 Å². The van der Waals surface area contributed by atoms with Crippen molar-refractivity contribution in [1.82, 2.24) is 15.1 Å². The molecule has 2 aliphatic rings. The highest BCUT2D eigenvalue weighted by Crippen LogP contribution is 2.39. The zero-order chi connectivity index (χ0) is 29.3. The molecule has 2 aromatic carbocycles. The molecule has 41 heavy (non-hydrogen) atoms. The maximum Gasteiger partial charge on any atom is 0.418 e. The average molecular weight is 572 g/mol. The maximum atomic E-state index is 14.3. The highest BCUT2D eigenvalue weighted by molar-refractivity contribution is 5.83. The second-order valence-corrected chi connectivity index (χ2v) is 10.0. The predicted octanol–water partition coefficient (Wildman–Crippen LogP) is 4.03. The molecule has 2 aliphatic heterocycles. The molecule has 0 atom stereocenters. The molecule has 0 spiro atoms. The molecule has 3 heterocycles. The van der Waals surface area contributed by atoms with Crippen LogP contribution in [0.5, 0.6) is 11.5 Å². The van der Waals surface area contributed by atoms with Crippen LogP contribution in [0.25, 0.3) is 16.9 Å². The largest absolute Gasteiger partial charge is 0.497 e. The van der Waals surface area contributed by atoms with Crippen molar-refractivity contribution in [3.63, 3.8) is 0 Å². The average Bonchev–Trinajstić information content (AvgIpc) is 3.63. The summed E-state index contributed by atoms with van der Waals surface area (Å²) in [4.78, 5) is 30.2. The predicted molar refractivity (Wildman–Crippen MR) is 149 cm³/mol. The normalized spacial score (nSPS) is 14.8. The molecule has 5 rings (SSSR count). The number of halogens is 3. The van der Waals surface area contributed by atoms with Crippen molar-refractivity contribution in [1.29, 1.82) is 0 Å². The van der Waals surface area contributed by atoms with E-state index in [4.69, 9.17) is 9.47 Å². The van der Waals surface area contributed by atoms with E-state index in [-0.39, 0.29) is 23.8 Å². The summed E-state index contributed by atoms with van der Waals surface area (Å²) in [5.41, 5.74) is 0.0594. The van der Waals surface area contributed by atoms with Crippen molar-refractivity contribution in [2.75, 3.05) is 56.7 Å². The van der Waals surface area contributed by atoms with Gasteiger partial charge in [0, 0.05) is 49.1 Å². The summed E-state index contributed by atoms with van der Waals surface area (Å²) in [6.07, 6.45) is -2.49. The fourth-order valence-corrected chi connectivity index (χ4v) is 5.50. The SMILES string of the molecule is CCNC(=O)CN1CCc2c(-c3cc(OC)cc(OC)c3)nn(-c3cc(N4CCCC4)ccc3C(F)(F)F)c(=O)c21. The van der Waals surface area contributed by atoms with Gasteiger partial charge in [0.1, 0.15) is 17.2 Å². The molecule has 0 unspecified atom stereocenters. The highest BCUT2D eigenvalue weighted by Gasteiger charge is 2.37. The minimum atomic E-state index is -4.74. The number of hydrogen-bond acceptors (Lipinski definition) is 7. The smallest absolute Gasteiger partial charge is 0.418 e. The van der Waals surface area contributed by atoms with Gasteiger partial charge in [0.2, 0.25) is 5.91 Å². The summed E-state index contributed by atoms with van der Waals surface area (Å²) >= 11 is 0. The van der Waals surface area contributed by atoms with Crippen LogP contribution < -0.4 is 30.1 Å². The third-order valence-electron chi connectivity index (χ3n) is 7.43. The number of nitrogens with one attached hydrogen (secondary N) is 1. The van der Waals surface area contributed by atoms with Gasteiger partial charge in [-0.1, -0.05) is 0 Å². The number of rotatable bonds is 8. The zero-order valence-corrected chi connectivity index (χ0v) is 23.2. The van der Waals surface area contributed by atoms with Gasteiger partial charge < -0.3 is 24.6 Å². The summed E-state index contributed by atoms with van der Waals surface area (Å²) in [5, 5.41) is 7.30. The molecule has 0 radical (unpaired) electrons. The van der Waals surface area contributed by atoms with Crippen molar-refractivity contribution >= 4 is 17.3 Å². The molecule has 9 nitrogen and oxygen atoms in total. The number of carbonyl (C=O) groups is 1. The fourth-order valence-electron chi connectivity index (χ4n) is 5.50. The van der Waals surface area contributed by atoms with Crippen LogP contribution in [-0.2, 0) is 17.4 Å². The zero-order valence-electron chi connectivity index (χ0n) is 23.2. The number of alkyl halides is 3. The molecular weight excluding hydrogens is 539 g/mol. The Kier molecular flexibility index (Phi) is 7.83. The number of anilines is 2. The molecule has 1 N–H and O–H groups in total. The number of methoxy groups -OCH3 is 2. The number of aromatic nitrogens is 2. The first-order valence-corrected chi connectivity index (χ1v) is 13.5. The van der Waals surface area contributed by atoms with Crippen LogP contribution in [0, 0.1) is 0 Å². The molecule has 12 heteroatoms. The summed E-state index contributed by atoms with van der Waals surface area (Å²) < 4.78 is 54.7. The van der Waals surface area contributed by atoms with Gasteiger partial charge in [-0.3, -0.25) is 9.59 Å². The summed E-state index contributed by atoms with van der Waals surface area (Å²) in [5.74, 6) is 0.619. The number of nitrogens with zero attached hydrogens (tertiary/aromatic N) is 4. The molecule has 1 amide bonds. The van der Waals surface area contributed by atoms with E-state index < -0.39 is 17.3 Å². The van der Waals surface area contributed by atoms with Crippen molar-refractivity contribution in [3.05, 3.63) is 57.9 Å². The molecule has 3 aromatic rings. The third-order valence-corrected chi connectivity index (χ3v) is 7.43. The van der Waals surface area contributed by atoms with Crippen LogP contribution in [0.15, 0.2) is 41.2 Å². The quantitative estimate of drug-likeness (QED) is 0.437. The van der Waals surface area contributed by atoms with E-state index in [1.165, 1.54) is 26.4 Å². The summed E-state index contributed by atoms with van der Waals surface area (Å²) in [6.45, 7) is 3.85. The van der Waals surface area contributed by atoms with Gasteiger partial charge in [0.25, 0.3) is 5.56 Å². The Morgan fingerprint density at radius 2 is 1.71 bits per heavy atom. The molecule has 218 valence electrons. The standard InChI is InChI=1S/C29H32F3N5O4/c1-4-33-25(38)17-36-12-9-22-26(18-13-20(40-2)16-21(14-18)41-3)34-37(28(39)27(22)36)24-15-19(35-10-5-6-11-35)7-8-23(24)29(30,31)32/h7-8,13-16H,4-6,9-12,17H2,1-3H3,(H,33,38). The number of fused-ring (bicyclic) bond motifs is 1. The molecule has 1 fully saturated rings. The van der Waals surface area contributed by atoms with Crippen LogP contribution in [-0.4, -0.2) is 62.6 Å². The minimum Gasteiger partial charge on any atom is -0.497 e. The minimum absolute atomic E-state index is 0.110. The Morgan fingerprint density at radius 1 is 1.02 bits per heavy atom. The summed E-state index contributed by atoms with van der Waals surface area (Å²) in [6, 6.07) is 8.88. The molecular formula is C29H32F3N5O4.